The molecule has 1 saturated heterocycles. The molecule has 2 aliphatic carbocycles. The normalized spacial score (nSPS) is 21.3. The molecule has 0 N–H and O–H groups in total. The Bertz CT molecular complexity index is 965. The maximum atomic E-state index is 6.52. The van der Waals surface area contributed by atoms with Gasteiger partial charge in [-0.15, -0.1) is 0 Å². The lowest BCUT2D eigenvalue weighted by molar-refractivity contribution is -0.174. The SMILES string of the molecule is CCCC(CC)c1cc(C2CCCCC2)c(SOCCC2(c3ccccc3)OCCO2)c(C2CCCCC2)c1. The van der Waals surface area contributed by atoms with Gasteiger partial charge in [0.25, 0.3) is 0 Å². The molecule has 1 aliphatic heterocycles. The predicted molar refractivity (Wildman–Crippen MR) is 162 cm³/mol. The van der Waals surface area contributed by atoms with Crippen molar-refractivity contribution in [1.29, 1.82) is 0 Å². The van der Waals surface area contributed by atoms with Gasteiger partial charge in [0.1, 0.15) is 0 Å². The summed E-state index contributed by atoms with van der Waals surface area (Å²) in [7, 11) is 0. The number of hydrogen-bond donors (Lipinski definition) is 0. The molecule has 0 aromatic heterocycles. The molecule has 0 amide bonds. The van der Waals surface area contributed by atoms with Crippen LogP contribution in [0.1, 0.15) is 144 Å². The summed E-state index contributed by atoms with van der Waals surface area (Å²) in [4.78, 5) is 1.45. The molecule has 3 nitrogen and oxygen atoms in total. The third-order valence-corrected chi connectivity index (χ3v) is 10.4. The van der Waals surface area contributed by atoms with Gasteiger partial charge < -0.3 is 13.7 Å². The van der Waals surface area contributed by atoms with E-state index in [1.54, 1.807) is 28.7 Å². The van der Waals surface area contributed by atoms with E-state index in [2.05, 4.69) is 50.2 Å². The largest absolute Gasteiger partial charge is 0.343 e. The minimum atomic E-state index is -0.682. The smallest absolute Gasteiger partial charge is 0.197 e. The van der Waals surface area contributed by atoms with E-state index in [1.807, 2.05) is 6.07 Å². The third-order valence-electron chi connectivity index (χ3n) is 9.48. The Hall–Kier alpha value is -1.33. The fraction of sp³-hybridized carbons (Fsp3) is 0.657. The van der Waals surface area contributed by atoms with Crippen molar-refractivity contribution in [2.45, 2.75) is 132 Å². The van der Waals surface area contributed by atoms with Crippen molar-refractivity contribution in [3.05, 3.63) is 64.7 Å². The average Bonchev–Trinajstić information content (AvgIpc) is 3.49. The maximum absolute atomic E-state index is 6.52. The maximum Gasteiger partial charge on any atom is 0.197 e. The second-order valence-corrected chi connectivity index (χ2v) is 12.9. The van der Waals surface area contributed by atoms with Crippen molar-refractivity contribution >= 4 is 12.0 Å². The highest BCUT2D eigenvalue weighted by molar-refractivity contribution is 7.94. The van der Waals surface area contributed by atoms with Crippen molar-refractivity contribution < 1.29 is 13.7 Å². The van der Waals surface area contributed by atoms with Crippen LogP contribution >= 0.6 is 12.0 Å². The van der Waals surface area contributed by atoms with Gasteiger partial charge in [0.15, 0.2) is 5.79 Å². The Balaban J connectivity index is 1.42. The lowest BCUT2D eigenvalue weighted by Gasteiger charge is -2.31. The Morgan fingerprint density at radius 3 is 1.97 bits per heavy atom. The lowest BCUT2D eigenvalue weighted by Crippen LogP contribution is -2.28. The standard InChI is InChI=1S/C35H50O3S/c1-3-14-27(4-2)30-25-32(28-15-8-5-9-16-28)34(33(26-30)29-17-10-6-11-18-29)39-38-22-21-35(36-23-24-37-35)31-19-12-7-13-20-31/h7,12-13,19-20,25-29H,3-6,8-11,14-18,21-24H2,1-2H3. The highest BCUT2D eigenvalue weighted by atomic mass is 32.2. The summed E-state index contributed by atoms with van der Waals surface area (Å²) in [6.45, 7) is 6.59. The first kappa shape index (κ1) is 29.2. The summed E-state index contributed by atoms with van der Waals surface area (Å²) in [6, 6.07) is 15.6. The van der Waals surface area contributed by atoms with Crippen LogP contribution in [0, 0.1) is 0 Å². The number of hydrogen-bond acceptors (Lipinski definition) is 4. The van der Waals surface area contributed by atoms with E-state index >= 15 is 0 Å². The number of ether oxygens (including phenoxy) is 2. The molecule has 2 aromatic rings. The fourth-order valence-electron chi connectivity index (χ4n) is 7.30. The van der Waals surface area contributed by atoms with Crippen LogP contribution in [0.25, 0.3) is 0 Å². The van der Waals surface area contributed by atoms with E-state index in [0.717, 1.165) is 5.56 Å². The number of benzene rings is 2. The van der Waals surface area contributed by atoms with Crippen LogP contribution in [0.15, 0.2) is 47.4 Å². The van der Waals surface area contributed by atoms with Crippen LogP contribution < -0.4 is 0 Å². The van der Waals surface area contributed by atoms with Crippen LogP contribution in [0.5, 0.6) is 0 Å². The van der Waals surface area contributed by atoms with Gasteiger partial charge in [-0.25, -0.2) is 0 Å². The summed E-state index contributed by atoms with van der Waals surface area (Å²) in [6.07, 6.45) is 18.0. The zero-order chi connectivity index (χ0) is 26.9. The minimum Gasteiger partial charge on any atom is -0.343 e. The van der Waals surface area contributed by atoms with Gasteiger partial charge in [0, 0.05) is 28.9 Å². The van der Waals surface area contributed by atoms with Crippen molar-refractivity contribution in [1.82, 2.24) is 0 Å². The Morgan fingerprint density at radius 1 is 0.846 bits per heavy atom. The molecule has 0 bridgehead atoms. The summed E-state index contributed by atoms with van der Waals surface area (Å²) in [5, 5.41) is 0. The quantitative estimate of drug-likeness (QED) is 0.194. The van der Waals surface area contributed by atoms with Gasteiger partial charge in [0.05, 0.1) is 19.8 Å². The van der Waals surface area contributed by atoms with E-state index in [9.17, 15) is 0 Å². The van der Waals surface area contributed by atoms with Crippen molar-refractivity contribution in [2.24, 2.45) is 0 Å². The monoisotopic (exact) mass is 550 g/mol. The molecule has 1 atom stereocenters. The number of rotatable bonds is 12. The van der Waals surface area contributed by atoms with Gasteiger partial charge in [-0.2, -0.15) is 0 Å². The van der Waals surface area contributed by atoms with Gasteiger partial charge in [-0.05, 0) is 73.0 Å². The van der Waals surface area contributed by atoms with E-state index in [4.69, 9.17) is 13.7 Å². The first-order chi connectivity index (χ1) is 19.2. The lowest BCUT2D eigenvalue weighted by atomic mass is 9.77. The molecule has 2 aromatic carbocycles. The van der Waals surface area contributed by atoms with Gasteiger partial charge >= 0.3 is 0 Å². The van der Waals surface area contributed by atoms with E-state index in [0.29, 0.717) is 44.0 Å². The summed E-state index contributed by atoms with van der Waals surface area (Å²) in [5.74, 6) is 1.33. The van der Waals surface area contributed by atoms with Gasteiger partial charge in [-0.1, -0.05) is 101 Å². The van der Waals surface area contributed by atoms with Crippen LogP contribution in [0.3, 0.4) is 0 Å². The molecular weight excluding hydrogens is 500 g/mol. The molecule has 4 heteroatoms. The van der Waals surface area contributed by atoms with Crippen LogP contribution in [0.2, 0.25) is 0 Å². The molecule has 2 saturated carbocycles. The molecule has 5 rings (SSSR count). The highest BCUT2D eigenvalue weighted by Gasteiger charge is 2.38. The van der Waals surface area contributed by atoms with Crippen LogP contribution in [0.4, 0.5) is 0 Å². The van der Waals surface area contributed by atoms with E-state index in [1.165, 1.54) is 88.4 Å². The van der Waals surface area contributed by atoms with Crippen LogP contribution in [-0.4, -0.2) is 19.8 Å². The Kier molecular flexibility index (Phi) is 10.9. The minimum absolute atomic E-state index is 0.600. The van der Waals surface area contributed by atoms with Gasteiger partial charge in [-0.3, -0.25) is 0 Å². The molecule has 3 fully saturated rings. The molecule has 0 spiro atoms. The summed E-state index contributed by atoms with van der Waals surface area (Å²) in [5.41, 5.74) is 5.88. The van der Waals surface area contributed by atoms with E-state index < -0.39 is 5.79 Å². The Labute approximate surface area is 242 Å². The first-order valence-corrected chi connectivity index (χ1v) is 16.8. The van der Waals surface area contributed by atoms with E-state index in [-0.39, 0.29) is 0 Å². The second kappa shape index (κ2) is 14.5. The molecular formula is C35H50O3S. The molecule has 214 valence electrons. The van der Waals surface area contributed by atoms with Crippen molar-refractivity contribution in [3.8, 4) is 0 Å². The topological polar surface area (TPSA) is 27.7 Å². The highest BCUT2D eigenvalue weighted by Crippen LogP contribution is 2.47. The zero-order valence-corrected chi connectivity index (χ0v) is 25.2. The fourth-order valence-corrected chi connectivity index (χ4v) is 8.23. The third kappa shape index (κ3) is 7.12. The Morgan fingerprint density at radius 2 is 1.44 bits per heavy atom. The average molecular weight is 551 g/mol. The molecule has 1 unspecified atom stereocenters. The zero-order valence-electron chi connectivity index (χ0n) is 24.4. The second-order valence-electron chi connectivity index (χ2n) is 12.1. The first-order valence-electron chi connectivity index (χ1n) is 16.0. The molecule has 1 heterocycles. The van der Waals surface area contributed by atoms with Crippen LogP contribution in [-0.2, 0) is 19.4 Å². The summed E-state index contributed by atoms with van der Waals surface area (Å²) < 4.78 is 18.9. The van der Waals surface area contributed by atoms with Gasteiger partial charge in [0.2, 0.25) is 0 Å². The predicted octanol–water partition coefficient (Wildman–Crippen LogP) is 10.4. The summed E-state index contributed by atoms with van der Waals surface area (Å²) >= 11 is 1.67. The van der Waals surface area contributed by atoms with Crippen molar-refractivity contribution in [3.63, 3.8) is 0 Å². The molecule has 39 heavy (non-hydrogen) atoms. The van der Waals surface area contributed by atoms with Crippen molar-refractivity contribution in [2.75, 3.05) is 19.8 Å². The molecule has 0 radical (unpaired) electrons. The molecule has 3 aliphatic rings.